The maximum atomic E-state index is 12.5. The summed E-state index contributed by atoms with van der Waals surface area (Å²) in [6.45, 7) is 4.59. The Bertz CT molecular complexity index is 609. The molecule has 138 valence electrons. The van der Waals surface area contributed by atoms with Crippen LogP contribution in [-0.4, -0.2) is 43.0 Å². The second-order valence-corrected chi connectivity index (χ2v) is 6.80. The molecule has 1 heterocycles. The topological polar surface area (TPSA) is 84.7 Å². The number of benzene rings is 1. The second kappa shape index (κ2) is 9.63. The van der Waals surface area contributed by atoms with Crippen molar-refractivity contribution in [2.75, 3.05) is 26.2 Å². The van der Waals surface area contributed by atoms with Gasteiger partial charge >= 0.3 is 0 Å². The molecule has 1 atom stereocenters. The van der Waals surface area contributed by atoms with Crippen molar-refractivity contribution in [1.82, 2.24) is 10.2 Å². The zero-order valence-electron chi connectivity index (χ0n) is 14.6. The number of piperidine rings is 1. The van der Waals surface area contributed by atoms with Crippen molar-refractivity contribution < 1.29 is 14.3 Å². The lowest BCUT2D eigenvalue weighted by atomic mass is 9.97. The fraction of sp³-hybridized carbons (Fsp3) is 0.556. The maximum Gasteiger partial charge on any atom is 0.231 e. The van der Waals surface area contributed by atoms with Crippen LogP contribution >= 0.6 is 11.6 Å². The van der Waals surface area contributed by atoms with Crippen LogP contribution in [0, 0.1) is 5.92 Å². The Morgan fingerprint density at radius 3 is 2.96 bits per heavy atom. The SMILES string of the molecule is CCCOc1ccc(Cl)cc1CNC(=O)C1CCCN(CC(N)=O)C1. The molecule has 2 rings (SSSR count). The standard InChI is InChI=1S/C18H26ClN3O3/c1-2-8-25-16-6-5-15(19)9-14(16)10-21-18(24)13-4-3-7-22(11-13)12-17(20)23/h5-6,9,13H,2-4,7-8,10-12H2,1H3,(H2,20,23)(H,21,24). The molecule has 0 radical (unpaired) electrons. The van der Waals surface area contributed by atoms with Crippen LogP contribution in [0.2, 0.25) is 5.02 Å². The zero-order valence-corrected chi connectivity index (χ0v) is 15.3. The minimum absolute atomic E-state index is 0.0180. The summed E-state index contributed by atoms with van der Waals surface area (Å²) < 4.78 is 5.71. The molecule has 0 aromatic heterocycles. The average Bonchev–Trinajstić information content (AvgIpc) is 2.58. The fourth-order valence-corrected chi connectivity index (χ4v) is 3.19. The average molecular weight is 368 g/mol. The number of nitrogens with one attached hydrogen (secondary N) is 1. The third-order valence-electron chi connectivity index (χ3n) is 4.19. The number of likely N-dealkylation sites (tertiary alicyclic amines) is 1. The highest BCUT2D eigenvalue weighted by Crippen LogP contribution is 2.23. The molecule has 0 aliphatic carbocycles. The minimum Gasteiger partial charge on any atom is -0.493 e. The van der Waals surface area contributed by atoms with Crippen LogP contribution in [-0.2, 0) is 16.1 Å². The van der Waals surface area contributed by atoms with E-state index in [-0.39, 0.29) is 24.3 Å². The van der Waals surface area contributed by atoms with E-state index in [1.165, 1.54) is 0 Å². The van der Waals surface area contributed by atoms with Gasteiger partial charge in [-0.2, -0.15) is 0 Å². The molecule has 0 spiro atoms. The molecule has 1 aliphatic rings. The number of carbonyl (C=O) groups is 2. The van der Waals surface area contributed by atoms with Crippen LogP contribution in [0.1, 0.15) is 31.7 Å². The lowest BCUT2D eigenvalue weighted by Crippen LogP contribution is -2.45. The third-order valence-corrected chi connectivity index (χ3v) is 4.43. The fourth-order valence-electron chi connectivity index (χ4n) is 3.00. The third kappa shape index (κ3) is 6.21. The van der Waals surface area contributed by atoms with Crippen LogP contribution in [0.3, 0.4) is 0 Å². The van der Waals surface area contributed by atoms with Gasteiger partial charge in [0.15, 0.2) is 0 Å². The number of amides is 2. The molecular formula is C18H26ClN3O3. The van der Waals surface area contributed by atoms with E-state index in [1.54, 1.807) is 6.07 Å². The summed E-state index contributed by atoms with van der Waals surface area (Å²) in [4.78, 5) is 25.5. The van der Waals surface area contributed by atoms with Crippen molar-refractivity contribution in [2.45, 2.75) is 32.7 Å². The highest BCUT2D eigenvalue weighted by atomic mass is 35.5. The van der Waals surface area contributed by atoms with Crippen LogP contribution in [0.15, 0.2) is 18.2 Å². The molecule has 25 heavy (non-hydrogen) atoms. The molecule has 1 fully saturated rings. The number of hydrogen-bond acceptors (Lipinski definition) is 4. The second-order valence-electron chi connectivity index (χ2n) is 6.36. The van der Waals surface area contributed by atoms with Crippen LogP contribution < -0.4 is 15.8 Å². The van der Waals surface area contributed by atoms with Gasteiger partial charge in [-0.15, -0.1) is 0 Å². The molecule has 1 aliphatic heterocycles. The Morgan fingerprint density at radius 1 is 1.44 bits per heavy atom. The number of carbonyl (C=O) groups excluding carboxylic acids is 2. The van der Waals surface area contributed by atoms with E-state index in [9.17, 15) is 9.59 Å². The first-order valence-corrected chi connectivity index (χ1v) is 9.07. The predicted octanol–water partition coefficient (Wildman–Crippen LogP) is 1.94. The van der Waals surface area contributed by atoms with E-state index in [1.807, 2.05) is 24.0 Å². The summed E-state index contributed by atoms with van der Waals surface area (Å²) in [6.07, 6.45) is 2.61. The first kappa shape index (κ1) is 19.5. The van der Waals surface area contributed by atoms with Crippen molar-refractivity contribution >= 4 is 23.4 Å². The summed E-state index contributed by atoms with van der Waals surface area (Å²) in [7, 11) is 0. The van der Waals surface area contributed by atoms with Crippen molar-refractivity contribution in [3.8, 4) is 5.75 Å². The van der Waals surface area contributed by atoms with E-state index >= 15 is 0 Å². The Balaban J connectivity index is 1.93. The molecular weight excluding hydrogens is 342 g/mol. The zero-order chi connectivity index (χ0) is 18.2. The number of halogens is 1. The van der Waals surface area contributed by atoms with Gasteiger partial charge in [0, 0.05) is 23.7 Å². The predicted molar refractivity (Wildman–Crippen MR) is 97.4 cm³/mol. The summed E-state index contributed by atoms with van der Waals surface area (Å²) >= 11 is 6.06. The first-order valence-electron chi connectivity index (χ1n) is 8.69. The summed E-state index contributed by atoms with van der Waals surface area (Å²) in [5.41, 5.74) is 6.10. The molecule has 1 aromatic carbocycles. The Hall–Kier alpha value is -1.79. The van der Waals surface area contributed by atoms with Crippen molar-refractivity contribution in [1.29, 1.82) is 0 Å². The molecule has 3 N–H and O–H groups in total. The number of nitrogens with zero attached hydrogens (tertiary/aromatic N) is 1. The smallest absolute Gasteiger partial charge is 0.231 e. The molecule has 0 bridgehead atoms. The summed E-state index contributed by atoms with van der Waals surface area (Å²) in [5.74, 6) is 0.228. The minimum atomic E-state index is -0.363. The van der Waals surface area contributed by atoms with Crippen LogP contribution in [0.25, 0.3) is 0 Å². The molecule has 1 aromatic rings. The highest BCUT2D eigenvalue weighted by molar-refractivity contribution is 6.30. The van der Waals surface area contributed by atoms with Gasteiger partial charge in [0.1, 0.15) is 5.75 Å². The lowest BCUT2D eigenvalue weighted by Gasteiger charge is -2.31. The van der Waals surface area contributed by atoms with Crippen LogP contribution in [0.4, 0.5) is 0 Å². The van der Waals surface area contributed by atoms with Crippen molar-refractivity contribution in [3.05, 3.63) is 28.8 Å². The quantitative estimate of drug-likeness (QED) is 0.735. The maximum absolute atomic E-state index is 12.5. The number of nitrogens with two attached hydrogens (primary N) is 1. The largest absolute Gasteiger partial charge is 0.493 e. The van der Waals surface area contributed by atoms with Gasteiger partial charge in [-0.1, -0.05) is 18.5 Å². The van der Waals surface area contributed by atoms with Gasteiger partial charge < -0.3 is 15.8 Å². The number of hydrogen-bond donors (Lipinski definition) is 2. The molecule has 1 unspecified atom stereocenters. The summed E-state index contributed by atoms with van der Waals surface area (Å²) in [6, 6.07) is 5.42. The van der Waals surface area contributed by atoms with Crippen molar-refractivity contribution in [3.63, 3.8) is 0 Å². The number of rotatable bonds is 8. The van der Waals surface area contributed by atoms with E-state index in [2.05, 4.69) is 5.32 Å². The van der Waals surface area contributed by atoms with Gasteiger partial charge in [0.05, 0.1) is 19.1 Å². The first-order chi connectivity index (χ1) is 12.0. The molecule has 7 heteroatoms. The van der Waals surface area contributed by atoms with Gasteiger partial charge in [-0.05, 0) is 44.0 Å². The normalized spacial score (nSPS) is 17.9. The Kier molecular flexibility index (Phi) is 7.52. The van der Waals surface area contributed by atoms with Crippen LogP contribution in [0.5, 0.6) is 5.75 Å². The van der Waals surface area contributed by atoms with E-state index < -0.39 is 0 Å². The monoisotopic (exact) mass is 367 g/mol. The van der Waals surface area contributed by atoms with Gasteiger partial charge in [0.2, 0.25) is 11.8 Å². The molecule has 6 nitrogen and oxygen atoms in total. The molecule has 0 saturated carbocycles. The van der Waals surface area contributed by atoms with Gasteiger partial charge in [-0.3, -0.25) is 14.5 Å². The van der Waals surface area contributed by atoms with E-state index in [4.69, 9.17) is 22.1 Å². The molecule has 1 saturated heterocycles. The molecule has 2 amide bonds. The van der Waals surface area contributed by atoms with Gasteiger partial charge in [-0.25, -0.2) is 0 Å². The number of ether oxygens (including phenoxy) is 1. The van der Waals surface area contributed by atoms with Gasteiger partial charge in [0.25, 0.3) is 0 Å². The Morgan fingerprint density at radius 2 is 2.24 bits per heavy atom. The van der Waals surface area contributed by atoms with E-state index in [0.717, 1.165) is 37.1 Å². The summed E-state index contributed by atoms with van der Waals surface area (Å²) in [5, 5.41) is 3.58. The van der Waals surface area contributed by atoms with Crippen molar-refractivity contribution in [2.24, 2.45) is 11.7 Å². The van der Waals surface area contributed by atoms with E-state index in [0.29, 0.717) is 24.7 Å². The number of primary amides is 1. The highest BCUT2D eigenvalue weighted by Gasteiger charge is 2.26. The Labute approximate surface area is 153 Å². The lowest BCUT2D eigenvalue weighted by molar-refractivity contribution is -0.128.